The minimum absolute atomic E-state index is 0.0535. The van der Waals surface area contributed by atoms with E-state index in [1.165, 1.54) is 18.4 Å². The maximum Gasteiger partial charge on any atom is 0.119 e. The number of hydrogen-bond acceptors (Lipinski definition) is 3. The van der Waals surface area contributed by atoms with Crippen molar-refractivity contribution in [3.63, 3.8) is 0 Å². The number of rotatable bonds is 4. The lowest BCUT2D eigenvalue weighted by Gasteiger charge is -2.33. The fourth-order valence-electron chi connectivity index (χ4n) is 2.76. The smallest absolute Gasteiger partial charge is 0.119 e. The van der Waals surface area contributed by atoms with Crippen LogP contribution in [-0.2, 0) is 6.42 Å². The molecule has 102 valence electrons. The molecular formula is C16H22N2O. The summed E-state index contributed by atoms with van der Waals surface area (Å²) in [7, 11) is 1.71. The molecule has 1 fully saturated rings. The Bertz CT molecular complexity index is 444. The van der Waals surface area contributed by atoms with Crippen molar-refractivity contribution < 1.29 is 4.74 Å². The predicted octanol–water partition coefficient (Wildman–Crippen LogP) is 2.86. The molecule has 0 radical (unpaired) electrons. The van der Waals surface area contributed by atoms with Crippen LogP contribution in [0.4, 0.5) is 0 Å². The topological polar surface area (TPSA) is 36.3 Å². The molecule has 1 atom stereocenters. The molecular weight excluding hydrogens is 236 g/mol. The van der Waals surface area contributed by atoms with E-state index >= 15 is 0 Å². The first-order valence-electron chi connectivity index (χ1n) is 6.99. The Kier molecular flexibility index (Phi) is 4.81. The van der Waals surface area contributed by atoms with E-state index in [9.17, 15) is 0 Å². The summed E-state index contributed by atoms with van der Waals surface area (Å²) in [4.78, 5) is 2.28. The standard InChI is InChI=1S/C16H22N2O/c1-13(12-17)18-8-6-14(7-9-18)10-15-4-3-5-16(11-15)19-2/h3-5,11,13-14H,6-10H2,1-2H3/t13-/m1/s1. The summed E-state index contributed by atoms with van der Waals surface area (Å²) in [6.45, 7) is 4.08. The lowest BCUT2D eigenvalue weighted by atomic mass is 9.89. The fourth-order valence-corrected chi connectivity index (χ4v) is 2.76. The molecule has 1 aromatic rings. The molecule has 0 N–H and O–H groups in total. The van der Waals surface area contributed by atoms with Gasteiger partial charge in [-0.1, -0.05) is 12.1 Å². The Labute approximate surface area is 115 Å². The van der Waals surface area contributed by atoms with E-state index in [0.717, 1.165) is 31.2 Å². The highest BCUT2D eigenvalue weighted by Crippen LogP contribution is 2.24. The zero-order valence-corrected chi connectivity index (χ0v) is 11.8. The quantitative estimate of drug-likeness (QED) is 0.833. The van der Waals surface area contributed by atoms with E-state index in [4.69, 9.17) is 10.00 Å². The molecule has 3 heteroatoms. The summed E-state index contributed by atoms with van der Waals surface area (Å²) < 4.78 is 5.26. The lowest BCUT2D eigenvalue weighted by Crippen LogP contribution is -2.39. The molecule has 2 rings (SSSR count). The average Bonchev–Trinajstić information content (AvgIpc) is 2.47. The van der Waals surface area contributed by atoms with Crippen LogP contribution in [0.2, 0.25) is 0 Å². The highest BCUT2D eigenvalue weighted by atomic mass is 16.5. The van der Waals surface area contributed by atoms with Crippen LogP contribution in [0.1, 0.15) is 25.3 Å². The van der Waals surface area contributed by atoms with Crippen molar-refractivity contribution >= 4 is 0 Å². The molecule has 1 saturated heterocycles. The van der Waals surface area contributed by atoms with Crippen LogP contribution in [0.25, 0.3) is 0 Å². The summed E-state index contributed by atoms with van der Waals surface area (Å²) in [5, 5.41) is 8.94. The van der Waals surface area contributed by atoms with E-state index < -0.39 is 0 Å². The normalized spacial score (nSPS) is 18.8. The van der Waals surface area contributed by atoms with Gasteiger partial charge in [0.1, 0.15) is 5.75 Å². The minimum Gasteiger partial charge on any atom is -0.497 e. The number of piperidine rings is 1. The Morgan fingerprint density at radius 2 is 2.16 bits per heavy atom. The van der Waals surface area contributed by atoms with E-state index in [0.29, 0.717) is 0 Å². The second kappa shape index (κ2) is 6.58. The molecule has 0 amide bonds. The van der Waals surface area contributed by atoms with Crippen LogP contribution in [0.3, 0.4) is 0 Å². The van der Waals surface area contributed by atoms with Crippen molar-refractivity contribution in [2.45, 2.75) is 32.2 Å². The van der Waals surface area contributed by atoms with Crippen molar-refractivity contribution in [2.75, 3.05) is 20.2 Å². The highest BCUT2D eigenvalue weighted by molar-refractivity contribution is 5.28. The zero-order valence-electron chi connectivity index (χ0n) is 11.8. The van der Waals surface area contributed by atoms with Gasteiger partial charge in [-0.15, -0.1) is 0 Å². The predicted molar refractivity (Wildman–Crippen MR) is 76.1 cm³/mol. The highest BCUT2D eigenvalue weighted by Gasteiger charge is 2.22. The van der Waals surface area contributed by atoms with Crippen molar-refractivity contribution in [2.24, 2.45) is 5.92 Å². The van der Waals surface area contributed by atoms with Crippen LogP contribution in [0.15, 0.2) is 24.3 Å². The fraction of sp³-hybridized carbons (Fsp3) is 0.562. The molecule has 3 nitrogen and oxygen atoms in total. The molecule has 0 unspecified atom stereocenters. The summed E-state index contributed by atoms with van der Waals surface area (Å²) >= 11 is 0. The van der Waals surface area contributed by atoms with Gasteiger partial charge in [-0.25, -0.2) is 0 Å². The first-order valence-corrected chi connectivity index (χ1v) is 6.99. The van der Waals surface area contributed by atoms with E-state index in [2.05, 4.69) is 29.2 Å². The monoisotopic (exact) mass is 258 g/mol. The molecule has 0 aliphatic carbocycles. The van der Waals surface area contributed by atoms with Gasteiger partial charge in [0, 0.05) is 0 Å². The summed E-state index contributed by atoms with van der Waals surface area (Å²) in [5.41, 5.74) is 1.35. The summed E-state index contributed by atoms with van der Waals surface area (Å²) in [5.74, 6) is 1.67. The van der Waals surface area contributed by atoms with Crippen molar-refractivity contribution in [1.29, 1.82) is 5.26 Å². The molecule has 1 aliphatic rings. The molecule has 19 heavy (non-hydrogen) atoms. The van der Waals surface area contributed by atoms with E-state index in [-0.39, 0.29) is 6.04 Å². The SMILES string of the molecule is COc1cccc(CC2CCN([C@H](C)C#N)CC2)c1. The van der Waals surface area contributed by atoms with Crippen LogP contribution in [-0.4, -0.2) is 31.1 Å². The average molecular weight is 258 g/mol. The second-order valence-corrected chi connectivity index (χ2v) is 5.34. The third kappa shape index (κ3) is 3.71. The molecule has 1 heterocycles. The largest absolute Gasteiger partial charge is 0.497 e. The van der Waals surface area contributed by atoms with Crippen molar-refractivity contribution in [1.82, 2.24) is 4.90 Å². The maximum atomic E-state index is 8.94. The van der Waals surface area contributed by atoms with Gasteiger partial charge in [0.2, 0.25) is 0 Å². The van der Waals surface area contributed by atoms with Gasteiger partial charge in [0.05, 0.1) is 19.2 Å². The number of hydrogen-bond donors (Lipinski definition) is 0. The van der Waals surface area contributed by atoms with Gasteiger partial charge in [-0.05, 0) is 62.9 Å². The van der Waals surface area contributed by atoms with E-state index in [1.54, 1.807) is 7.11 Å². The zero-order chi connectivity index (χ0) is 13.7. The van der Waals surface area contributed by atoms with Gasteiger partial charge < -0.3 is 4.74 Å². The number of nitriles is 1. The number of nitrogens with zero attached hydrogens (tertiary/aromatic N) is 2. The van der Waals surface area contributed by atoms with Crippen LogP contribution in [0.5, 0.6) is 5.75 Å². The molecule has 1 aliphatic heterocycles. The number of benzene rings is 1. The number of ether oxygens (including phenoxy) is 1. The summed E-state index contributed by atoms with van der Waals surface area (Å²) in [6, 6.07) is 10.7. The van der Waals surface area contributed by atoms with Gasteiger partial charge in [-0.2, -0.15) is 5.26 Å². The van der Waals surface area contributed by atoms with Gasteiger partial charge in [-0.3, -0.25) is 4.90 Å². The van der Waals surface area contributed by atoms with Gasteiger partial charge in [0.25, 0.3) is 0 Å². The first kappa shape index (κ1) is 13.9. The van der Waals surface area contributed by atoms with Gasteiger partial charge >= 0.3 is 0 Å². The Hall–Kier alpha value is -1.53. The maximum absolute atomic E-state index is 8.94. The van der Waals surface area contributed by atoms with Gasteiger partial charge in [0.15, 0.2) is 0 Å². The molecule has 0 bridgehead atoms. The van der Waals surface area contributed by atoms with E-state index in [1.807, 2.05) is 13.0 Å². The molecule has 0 aromatic heterocycles. The first-order chi connectivity index (χ1) is 9.22. The summed E-state index contributed by atoms with van der Waals surface area (Å²) in [6.07, 6.45) is 3.48. The van der Waals surface area contributed by atoms with Crippen LogP contribution in [0, 0.1) is 17.2 Å². The Balaban J connectivity index is 1.87. The molecule has 1 aromatic carbocycles. The Morgan fingerprint density at radius 1 is 1.42 bits per heavy atom. The van der Waals surface area contributed by atoms with Crippen molar-refractivity contribution in [3.8, 4) is 11.8 Å². The second-order valence-electron chi connectivity index (χ2n) is 5.34. The minimum atomic E-state index is 0.0535. The van der Waals surface area contributed by atoms with Crippen LogP contribution < -0.4 is 4.74 Å². The molecule has 0 saturated carbocycles. The third-order valence-corrected chi connectivity index (χ3v) is 4.04. The van der Waals surface area contributed by atoms with Crippen LogP contribution >= 0.6 is 0 Å². The Morgan fingerprint density at radius 3 is 2.79 bits per heavy atom. The third-order valence-electron chi connectivity index (χ3n) is 4.04. The van der Waals surface area contributed by atoms with Crippen molar-refractivity contribution in [3.05, 3.63) is 29.8 Å². The number of likely N-dealkylation sites (tertiary alicyclic amines) is 1. The molecule has 0 spiro atoms. The number of methoxy groups -OCH3 is 1. The lowest BCUT2D eigenvalue weighted by molar-refractivity contribution is 0.165.